The van der Waals surface area contributed by atoms with Crippen LogP contribution in [-0.4, -0.2) is 49.9 Å². The van der Waals surface area contributed by atoms with Crippen LogP contribution in [0.4, 0.5) is 0 Å². The van der Waals surface area contributed by atoms with Crippen molar-refractivity contribution >= 4 is 5.91 Å². The lowest BCUT2D eigenvalue weighted by Gasteiger charge is -2.51. The number of pyridine rings is 1. The molecule has 28 heavy (non-hydrogen) atoms. The van der Waals surface area contributed by atoms with Crippen molar-refractivity contribution in [3.05, 3.63) is 48.3 Å². The second kappa shape index (κ2) is 7.32. The first-order valence-electron chi connectivity index (χ1n) is 10.4. The van der Waals surface area contributed by atoms with Gasteiger partial charge in [-0.1, -0.05) is 20.8 Å². The Morgan fingerprint density at radius 3 is 2.50 bits per heavy atom. The van der Waals surface area contributed by atoms with Gasteiger partial charge in [0.25, 0.3) is 0 Å². The van der Waals surface area contributed by atoms with Gasteiger partial charge >= 0.3 is 0 Å². The summed E-state index contributed by atoms with van der Waals surface area (Å²) in [6, 6.07) is 4.19. The summed E-state index contributed by atoms with van der Waals surface area (Å²) in [5.74, 6) is 1.44. The lowest BCUT2D eigenvalue weighted by Crippen LogP contribution is -2.58. The number of likely N-dealkylation sites (tertiary alicyclic amines) is 1. The third-order valence-electron chi connectivity index (χ3n) is 6.81. The van der Waals surface area contributed by atoms with Crippen molar-refractivity contribution in [2.45, 2.75) is 58.7 Å². The minimum Gasteiger partial charge on any atom is -0.342 e. The van der Waals surface area contributed by atoms with Crippen LogP contribution < -0.4 is 0 Å². The highest BCUT2D eigenvalue weighted by Crippen LogP contribution is 2.42. The van der Waals surface area contributed by atoms with E-state index < -0.39 is 0 Å². The maximum Gasteiger partial charge on any atom is 0.228 e. The van der Waals surface area contributed by atoms with Crippen molar-refractivity contribution in [3.8, 4) is 0 Å². The van der Waals surface area contributed by atoms with Crippen LogP contribution >= 0.6 is 0 Å². The van der Waals surface area contributed by atoms with Crippen molar-refractivity contribution in [1.82, 2.24) is 24.3 Å². The van der Waals surface area contributed by atoms with Gasteiger partial charge in [-0.05, 0) is 37.0 Å². The number of imidazole rings is 1. The second-order valence-electron chi connectivity index (χ2n) is 8.78. The van der Waals surface area contributed by atoms with Crippen LogP contribution in [0.1, 0.15) is 51.4 Å². The molecule has 1 amide bonds. The lowest BCUT2D eigenvalue weighted by atomic mass is 9.81. The molecule has 6 heteroatoms. The zero-order valence-corrected chi connectivity index (χ0v) is 17.3. The van der Waals surface area contributed by atoms with Crippen molar-refractivity contribution < 1.29 is 4.79 Å². The van der Waals surface area contributed by atoms with Crippen LogP contribution in [0, 0.1) is 5.41 Å². The van der Waals surface area contributed by atoms with Gasteiger partial charge in [-0.3, -0.25) is 14.7 Å². The number of rotatable bonds is 4. The van der Waals surface area contributed by atoms with Gasteiger partial charge in [0, 0.05) is 62.9 Å². The number of carbonyl (C=O) groups is 1. The molecule has 4 rings (SSSR count). The molecule has 4 heterocycles. The number of hydrogen-bond donors (Lipinski definition) is 0. The maximum absolute atomic E-state index is 13.0. The molecule has 0 unspecified atom stereocenters. The van der Waals surface area contributed by atoms with Crippen LogP contribution in [0.2, 0.25) is 0 Å². The fourth-order valence-electron chi connectivity index (χ4n) is 4.62. The van der Waals surface area contributed by atoms with E-state index in [1.54, 1.807) is 0 Å². The Bertz CT molecular complexity index is 820. The molecule has 0 aromatic carbocycles. The van der Waals surface area contributed by atoms with Crippen LogP contribution in [0.25, 0.3) is 0 Å². The van der Waals surface area contributed by atoms with Crippen LogP contribution in [0.5, 0.6) is 0 Å². The minimum atomic E-state index is -0.285. The molecule has 0 bridgehead atoms. The van der Waals surface area contributed by atoms with Gasteiger partial charge in [-0.15, -0.1) is 0 Å². The average molecular weight is 382 g/mol. The summed E-state index contributed by atoms with van der Waals surface area (Å²) in [7, 11) is 0. The quantitative estimate of drug-likeness (QED) is 0.817. The first-order chi connectivity index (χ1) is 13.5. The van der Waals surface area contributed by atoms with Gasteiger partial charge in [0.2, 0.25) is 5.91 Å². The topological polar surface area (TPSA) is 54.3 Å². The molecular weight excluding hydrogens is 350 g/mol. The van der Waals surface area contributed by atoms with Crippen LogP contribution in [0.15, 0.2) is 36.9 Å². The lowest BCUT2D eigenvalue weighted by molar-refractivity contribution is -0.144. The second-order valence-corrected chi connectivity index (χ2v) is 8.78. The fraction of sp³-hybridized carbons (Fsp3) is 0.591. The first kappa shape index (κ1) is 19.1. The van der Waals surface area contributed by atoms with E-state index in [0.29, 0.717) is 0 Å². The predicted molar refractivity (Wildman–Crippen MR) is 108 cm³/mol. The molecule has 1 saturated heterocycles. The molecule has 1 spiro atoms. The molecule has 6 nitrogen and oxygen atoms in total. The molecule has 0 saturated carbocycles. The van der Waals surface area contributed by atoms with Gasteiger partial charge in [0.1, 0.15) is 5.82 Å². The van der Waals surface area contributed by atoms with Gasteiger partial charge < -0.3 is 9.47 Å². The first-order valence-corrected chi connectivity index (χ1v) is 10.4. The monoisotopic (exact) mass is 381 g/mol. The Labute approximate surface area is 167 Å². The van der Waals surface area contributed by atoms with Crippen molar-refractivity contribution in [1.29, 1.82) is 0 Å². The number of hydrogen-bond acceptors (Lipinski definition) is 4. The Morgan fingerprint density at radius 1 is 1.11 bits per heavy atom. The highest BCUT2D eigenvalue weighted by atomic mass is 16.2. The summed E-state index contributed by atoms with van der Waals surface area (Å²) in [6.07, 6.45) is 10.5. The average Bonchev–Trinajstić information content (AvgIpc) is 3.21. The van der Waals surface area contributed by atoms with Gasteiger partial charge in [-0.25, -0.2) is 4.98 Å². The molecule has 2 aliphatic rings. The third kappa shape index (κ3) is 3.24. The Kier molecular flexibility index (Phi) is 5.00. The molecule has 0 aliphatic carbocycles. The van der Waals surface area contributed by atoms with Crippen LogP contribution in [0.3, 0.4) is 0 Å². The highest BCUT2D eigenvalue weighted by molar-refractivity contribution is 5.82. The Morgan fingerprint density at radius 2 is 1.82 bits per heavy atom. The van der Waals surface area contributed by atoms with E-state index in [4.69, 9.17) is 4.98 Å². The minimum absolute atomic E-state index is 0.0991. The number of piperidine rings is 1. The normalized spacial score (nSPS) is 19.6. The zero-order valence-electron chi connectivity index (χ0n) is 17.3. The molecule has 2 aromatic heterocycles. The predicted octanol–water partition coefficient (Wildman–Crippen LogP) is 3.05. The summed E-state index contributed by atoms with van der Waals surface area (Å²) >= 11 is 0. The largest absolute Gasteiger partial charge is 0.342 e. The van der Waals surface area contributed by atoms with E-state index in [2.05, 4.69) is 58.5 Å². The molecular formula is C22H31N5O. The molecule has 2 aliphatic heterocycles. The molecule has 2 aromatic rings. The molecule has 150 valence electrons. The van der Waals surface area contributed by atoms with Gasteiger partial charge in [0.05, 0.1) is 5.54 Å². The number of amides is 1. The highest BCUT2D eigenvalue weighted by Gasteiger charge is 2.47. The van der Waals surface area contributed by atoms with E-state index in [1.807, 2.05) is 18.6 Å². The SMILES string of the molecule is CCC(C)(C)C(=O)N1CCC2(CC1)c1nccn1CCN2Cc1ccncc1. The van der Waals surface area contributed by atoms with E-state index in [-0.39, 0.29) is 16.9 Å². The van der Waals surface area contributed by atoms with Crippen molar-refractivity contribution in [3.63, 3.8) is 0 Å². The molecule has 1 fully saturated rings. The summed E-state index contributed by atoms with van der Waals surface area (Å²) in [5, 5.41) is 0. The van der Waals surface area contributed by atoms with Gasteiger partial charge in [-0.2, -0.15) is 0 Å². The Hall–Kier alpha value is -2.21. The van der Waals surface area contributed by atoms with Crippen molar-refractivity contribution in [2.24, 2.45) is 5.41 Å². The van der Waals surface area contributed by atoms with Gasteiger partial charge in [0.15, 0.2) is 0 Å². The molecule has 0 radical (unpaired) electrons. The third-order valence-corrected chi connectivity index (χ3v) is 6.81. The zero-order chi connectivity index (χ0) is 19.8. The summed E-state index contributed by atoms with van der Waals surface area (Å²) in [6.45, 7) is 10.7. The molecule has 0 N–H and O–H groups in total. The van der Waals surface area contributed by atoms with E-state index in [9.17, 15) is 4.79 Å². The maximum atomic E-state index is 13.0. The summed E-state index contributed by atoms with van der Waals surface area (Å²) < 4.78 is 2.30. The van der Waals surface area contributed by atoms with E-state index in [0.717, 1.165) is 57.8 Å². The molecule has 0 atom stereocenters. The van der Waals surface area contributed by atoms with E-state index >= 15 is 0 Å². The number of aromatic nitrogens is 3. The fourth-order valence-corrected chi connectivity index (χ4v) is 4.62. The smallest absolute Gasteiger partial charge is 0.228 e. The number of nitrogens with zero attached hydrogens (tertiary/aromatic N) is 5. The summed E-state index contributed by atoms with van der Waals surface area (Å²) in [5.41, 5.74) is 0.893. The van der Waals surface area contributed by atoms with E-state index in [1.165, 1.54) is 5.56 Å². The Balaban J connectivity index is 1.59. The number of carbonyl (C=O) groups excluding carboxylic acids is 1. The summed E-state index contributed by atoms with van der Waals surface area (Å²) in [4.78, 5) is 26.5. The van der Waals surface area contributed by atoms with Crippen LogP contribution in [-0.2, 0) is 23.4 Å². The standard InChI is InChI=1S/C22H31N5O/c1-4-21(2,3)20(28)26-12-7-22(8-13-26)19-24-11-14-25(19)15-16-27(22)17-18-5-9-23-10-6-18/h5-6,9-11,14H,4,7-8,12-13,15-17H2,1-3H3. The number of fused-ring (bicyclic) bond motifs is 2. The van der Waals surface area contributed by atoms with Crippen molar-refractivity contribution in [2.75, 3.05) is 19.6 Å².